The van der Waals surface area contributed by atoms with Crippen molar-refractivity contribution in [1.29, 1.82) is 0 Å². The van der Waals surface area contributed by atoms with E-state index in [0.29, 0.717) is 12.3 Å². The van der Waals surface area contributed by atoms with Gasteiger partial charge in [-0.05, 0) is 6.07 Å². The van der Waals surface area contributed by atoms with Crippen molar-refractivity contribution in [2.45, 2.75) is 6.42 Å². The van der Waals surface area contributed by atoms with Crippen LogP contribution in [0.1, 0.15) is 16.2 Å². The molecule has 0 aliphatic carbocycles. The number of aromatic hydroxyl groups is 1. The van der Waals surface area contributed by atoms with Gasteiger partial charge in [0.25, 0.3) is 5.91 Å². The van der Waals surface area contributed by atoms with Gasteiger partial charge in [-0.15, -0.1) is 0 Å². The molecule has 0 fully saturated rings. The van der Waals surface area contributed by atoms with Crippen LogP contribution >= 0.6 is 0 Å². The quantitative estimate of drug-likeness (QED) is 0.606. The largest absolute Gasteiger partial charge is 0.502 e. The summed E-state index contributed by atoms with van der Waals surface area (Å²) in [6, 6.07) is 3.74. The molecule has 0 aliphatic rings. The predicted octanol–water partition coefficient (Wildman–Crippen LogP) is 0.656. The van der Waals surface area contributed by atoms with Crippen molar-refractivity contribution >= 4 is 11.6 Å². The number of benzene rings is 1. The molecule has 20 heavy (non-hydrogen) atoms. The highest BCUT2D eigenvalue weighted by Crippen LogP contribution is 2.28. The van der Waals surface area contributed by atoms with E-state index in [0.717, 1.165) is 6.07 Å². The molecule has 1 heterocycles. The van der Waals surface area contributed by atoms with Crippen molar-refractivity contribution in [2.24, 2.45) is 0 Å². The number of aromatic nitrogens is 2. The fourth-order valence-corrected chi connectivity index (χ4v) is 1.55. The van der Waals surface area contributed by atoms with Gasteiger partial charge in [0.1, 0.15) is 0 Å². The minimum absolute atomic E-state index is 0.162. The van der Waals surface area contributed by atoms with E-state index in [1.54, 1.807) is 0 Å². The molecule has 9 nitrogen and oxygen atoms in total. The number of nitrogens with zero attached hydrogens (tertiary/aromatic N) is 3. The molecule has 0 saturated heterocycles. The molecule has 0 radical (unpaired) electrons. The van der Waals surface area contributed by atoms with Crippen molar-refractivity contribution in [3.05, 3.63) is 46.1 Å². The Morgan fingerprint density at radius 2 is 2.30 bits per heavy atom. The summed E-state index contributed by atoms with van der Waals surface area (Å²) >= 11 is 0. The molecule has 0 bridgehead atoms. The van der Waals surface area contributed by atoms with E-state index in [1.165, 1.54) is 18.5 Å². The Balaban J connectivity index is 2.02. The van der Waals surface area contributed by atoms with E-state index in [4.69, 9.17) is 4.52 Å². The highest BCUT2D eigenvalue weighted by Gasteiger charge is 2.20. The monoisotopic (exact) mass is 278 g/mol. The third kappa shape index (κ3) is 2.88. The Labute approximate surface area is 112 Å². The van der Waals surface area contributed by atoms with Crippen LogP contribution in [-0.4, -0.2) is 32.6 Å². The highest BCUT2D eigenvalue weighted by molar-refractivity contribution is 5.98. The first kappa shape index (κ1) is 13.5. The van der Waals surface area contributed by atoms with E-state index in [2.05, 4.69) is 15.5 Å². The van der Waals surface area contributed by atoms with Crippen LogP contribution in [0.2, 0.25) is 0 Å². The standard InChI is InChI=1S/C11H10N4O5/c16-10-7(2-1-3-8(10)15(18)19)11(17)12-5-4-9-13-6-14-20-9/h1-3,6,16H,4-5H2,(H,12,17). The Hall–Kier alpha value is -2.97. The summed E-state index contributed by atoms with van der Waals surface area (Å²) in [5.74, 6) is -0.924. The van der Waals surface area contributed by atoms with Gasteiger partial charge < -0.3 is 14.9 Å². The number of para-hydroxylation sites is 1. The minimum atomic E-state index is -0.759. The predicted molar refractivity (Wildman–Crippen MR) is 65.1 cm³/mol. The van der Waals surface area contributed by atoms with E-state index in [1.807, 2.05) is 0 Å². The summed E-state index contributed by atoms with van der Waals surface area (Å²) < 4.78 is 4.74. The first-order valence-corrected chi connectivity index (χ1v) is 5.59. The van der Waals surface area contributed by atoms with Gasteiger partial charge in [0, 0.05) is 19.0 Å². The van der Waals surface area contributed by atoms with Crippen molar-refractivity contribution in [3.63, 3.8) is 0 Å². The maximum atomic E-state index is 11.8. The lowest BCUT2D eigenvalue weighted by Crippen LogP contribution is -2.25. The molecule has 2 aromatic rings. The van der Waals surface area contributed by atoms with Crippen molar-refractivity contribution in [3.8, 4) is 5.75 Å². The SMILES string of the molecule is O=C(NCCc1ncno1)c1cccc([N+](=O)[O-])c1O. The Morgan fingerprint density at radius 1 is 1.50 bits per heavy atom. The van der Waals surface area contributed by atoms with Gasteiger partial charge in [-0.1, -0.05) is 11.2 Å². The highest BCUT2D eigenvalue weighted by atomic mass is 16.6. The summed E-state index contributed by atoms with van der Waals surface area (Å²) in [6.07, 6.45) is 1.56. The zero-order valence-corrected chi connectivity index (χ0v) is 10.1. The number of phenolic OH excluding ortho intramolecular Hbond substituents is 1. The summed E-state index contributed by atoms with van der Waals surface area (Å²) in [7, 11) is 0. The van der Waals surface area contributed by atoms with Gasteiger partial charge in [-0.25, -0.2) is 0 Å². The Morgan fingerprint density at radius 3 is 2.95 bits per heavy atom. The molecule has 0 atom stereocenters. The first-order chi connectivity index (χ1) is 9.59. The average molecular weight is 278 g/mol. The molecule has 1 aromatic carbocycles. The second-order valence-corrected chi connectivity index (χ2v) is 3.77. The van der Waals surface area contributed by atoms with Crippen LogP contribution in [0.3, 0.4) is 0 Å². The molecule has 9 heteroatoms. The van der Waals surface area contributed by atoms with Crippen LogP contribution in [0, 0.1) is 10.1 Å². The molecular formula is C11H10N4O5. The fourth-order valence-electron chi connectivity index (χ4n) is 1.55. The summed E-state index contributed by atoms with van der Waals surface area (Å²) in [4.78, 5) is 25.5. The second kappa shape index (κ2) is 5.78. The lowest BCUT2D eigenvalue weighted by molar-refractivity contribution is -0.385. The summed E-state index contributed by atoms with van der Waals surface area (Å²) in [5, 5.41) is 26.2. The zero-order chi connectivity index (χ0) is 14.5. The van der Waals surface area contributed by atoms with Crippen molar-refractivity contribution in [2.75, 3.05) is 6.54 Å². The van der Waals surface area contributed by atoms with Gasteiger partial charge in [-0.2, -0.15) is 4.98 Å². The van der Waals surface area contributed by atoms with Crippen LogP contribution in [0.15, 0.2) is 29.0 Å². The third-order valence-corrected chi connectivity index (χ3v) is 2.49. The molecular weight excluding hydrogens is 268 g/mol. The number of rotatable bonds is 5. The Kier molecular flexibility index (Phi) is 3.89. The van der Waals surface area contributed by atoms with Gasteiger partial charge in [0.2, 0.25) is 11.6 Å². The average Bonchev–Trinajstić information content (AvgIpc) is 2.91. The topological polar surface area (TPSA) is 131 Å². The minimum Gasteiger partial charge on any atom is -0.502 e. The number of hydrogen-bond donors (Lipinski definition) is 2. The number of nitro groups is 1. The fraction of sp³-hybridized carbons (Fsp3) is 0.182. The summed E-state index contributed by atoms with van der Waals surface area (Å²) in [5.41, 5.74) is -0.681. The Bertz CT molecular complexity index is 626. The smallest absolute Gasteiger partial charge is 0.311 e. The molecule has 104 valence electrons. The third-order valence-electron chi connectivity index (χ3n) is 2.49. The lowest BCUT2D eigenvalue weighted by Gasteiger charge is -2.05. The number of nitrogens with one attached hydrogen (secondary N) is 1. The zero-order valence-electron chi connectivity index (χ0n) is 10.1. The van der Waals surface area contributed by atoms with Crippen LogP contribution in [0.4, 0.5) is 5.69 Å². The number of hydrogen-bond acceptors (Lipinski definition) is 7. The summed E-state index contributed by atoms with van der Waals surface area (Å²) in [6.45, 7) is 0.198. The van der Waals surface area contributed by atoms with Gasteiger partial charge in [-0.3, -0.25) is 14.9 Å². The first-order valence-electron chi connectivity index (χ1n) is 5.59. The number of amides is 1. The number of carbonyl (C=O) groups excluding carboxylic acids is 1. The van der Waals surface area contributed by atoms with Crippen LogP contribution in [0.5, 0.6) is 5.75 Å². The molecule has 0 spiro atoms. The number of nitro benzene ring substituents is 1. The van der Waals surface area contributed by atoms with Crippen molar-refractivity contribution < 1.29 is 19.3 Å². The number of carbonyl (C=O) groups is 1. The molecule has 0 aliphatic heterocycles. The van der Waals surface area contributed by atoms with Crippen LogP contribution < -0.4 is 5.32 Å². The van der Waals surface area contributed by atoms with Gasteiger partial charge in [0.05, 0.1) is 10.5 Å². The maximum Gasteiger partial charge on any atom is 0.311 e. The van der Waals surface area contributed by atoms with Crippen LogP contribution in [-0.2, 0) is 6.42 Å². The second-order valence-electron chi connectivity index (χ2n) is 3.77. The van der Waals surface area contributed by atoms with Gasteiger partial charge in [0.15, 0.2) is 6.33 Å². The lowest BCUT2D eigenvalue weighted by atomic mass is 10.1. The molecule has 0 unspecified atom stereocenters. The van der Waals surface area contributed by atoms with E-state index in [9.17, 15) is 20.0 Å². The van der Waals surface area contributed by atoms with E-state index >= 15 is 0 Å². The molecule has 2 rings (SSSR count). The number of phenols is 1. The molecule has 2 N–H and O–H groups in total. The van der Waals surface area contributed by atoms with Gasteiger partial charge >= 0.3 is 5.69 Å². The van der Waals surface area contributed by atoms with E-state index < -0.39 is 22.3 Å². The van der Waals surface area contributed by atoms with Crippen molar-refractivity contribution in [1.82, 2.24) is 15.5 Å². The molecule has 0 saturated carbocycles. The van der Waals surface area contributed by atoms with Crippen LogP contribution in [0.25, 0.3) is 0 Å². The normalized spacial score (nSPS) is 10.2. The maximum absolute atomic E-state index is 11.8. The van der Waals surface area contributed by atoms with E-state index in [-0.39, 0.29) is 12.1 Å². The molecule has 1 amide bonds. The molecule has 1 aromatic heterocycles.